The molecule has 1 aromatic carbocycles. The van der Waals surface area contributed by atoms with E-state index in [2.05, 4.69) is 24.5 Å². The summed E-state index contributed by atoms with van der Waals surface area (Å²) in [6, 6.07) is 7.34. The standard InChI is InChI=1S/C22H33N3O2S/c1-3-4-5-6-7-12-20(26)24-22(28)23-19-11-9-8-10-18(19)21(27)25-15-13-17(2)14-16-25/h8-11,17H,3-7,12-16H2,1-2H3,(H2,23,24,26,28). The molecule has 0 spiro atoms. The van der Waals surface area contributed by atoms with Gasteiger partial charge in [-0.2, -0.15) is 0 Å². The molecule has 0 bridgehead atoms. The first-order valence-corrected chi connectivity index (χ1v) is 10.9. The van der Waals surface area contributed by atoms with Crippen LogP contribution in [0.5, 0.6) is 0 Å². The summed E-state index contributed by atoms with van der Waals surface area (Å²) in [6.45, 7) is 5.97. The van der Waals surface area contributed by atoms with Gasteiger partial charge < -0.3 is 15.5 Å². The molecule has 1 aliphatic rings. The van der Waals surface area contributed by atoms with Gasteiger partial charge in [-0.1, -0.05) is 51.7 Å². The molecule has 1 aliphatic heterocycles. The van der Waals surface area contributed by atoms with Gasteiger partial charge in [0.15, 0.2) is 5.11 Å². The van der Waals surface area contributed by atoms with E-state index < -0.39 is 0 Å². The number of benzene rings is 1. The number of nitrogens with zero attached hydrogens (tertiary/aromatic N) is 1. The molecule has 1 saturated heterocycles. The maximum absolute atomic E-state index is 12.9. The van der Waals surface area contributed by atoms with Crippen LogP contribution in [0.1, 0.15) is 75.6 Å². The van der Waals surface area contributed by atoms with Gasteiger partial charge in [0.05, 0.1) is 11.3 Å². The van der Waals surface area contributed by atoms with Crippen molar-refractivity contribution in [2.45, 2.75) is 65.2 Å². The minimum Gasteiger partial charge on any atom is -0.339 e. The van der Waals surface area contributed by atoms with Crippen LogP contribution in [0.4, 0.5) is 5.69 Å². The Kier molecular flexibility index (Phi) is 9.41. The van der Waals surface area contributed by atoms with Crippen LogP contribution in [-0.2, 0) is 4.79 Å². The highest BCUT2D eigenvalue weighted by atomic mass is 32.1. The second-order valence-electron chi connectivity index (χ2n) is 7.69. The minimum absolute atomic E-state index is 0.0139. The number of hydrogen-bond donors (Lipinski definition) is 2. The fourth-order valence-electron chi connectivity index (χ4n) is 3.39. The van der Waals surface area contributed by atoms with Crippen LogP contribution in [0.3, 0.4) is 0 Å². The Morgan fingerprint density at radius 2 is 1.79 bits per heavy atom. The Balaban J connectivity index is 1.87. The number of para-hydroxylation sites is 1. The van der Waals surface area contributed by atoms with E-state index in [1.807, 2.05) is 23.1 Å². The second kappa shape index (κ2) is 11.8. The topological polar surface area (TPSA) is 61.4 Å². The normalized spacial score (nSPS) is 14.6. The lowest BCUT2D eigenvalue weighted by atomic mass is 9.98. The fraction of sp³-hybridized carbons (Fsp3) is 0.591. The molecular formula is C22H33N3O2S. The van der Waals surface area contributed by atoms with E-state index in [0.717, 1.165) is 45.2 Å². The third-order valence-corrected chi connectivity index (χ3v) is 5.44. The SMILES string of the molecule is CCCCCCCC(=O)NC(=S)Nc1ccccc1C(=O)N1CCC(C)CC1. The molecule has 6 heteroatoms. The summed E-state index contributed by atoms with van der Waals surface area (Å²) in [7, 11) is 0. The van der Waals surface area contributed by atoms with E-state index in [-0.39, 0.29) is 16.9 Å². The first-order valence-electron chi connectivity index (χ1n) is 10.5. The number of carbonyl (C=O) groups is 2. The summed E-state index contributed by atoms with van der Waals surface area (Å²) in [6.07, 6.45) is 8.04. The molecule has 2 rings (SSSR count). The van der Waals surface area contributed by atoms with Crippen LogP contribution < -0.4 is 10.6 Å². The Morgan fingerprint density at radius 3 is 2.50 bits per heavy atom. The highest BCUT2D eigenvalue weighted by molar-refractivity contribution is 7.80. The molecule has 0 unspecified atom stereocenters. The van der Waals surface area contributed by atoms with Crippen molar-refractivity contribution in [3.8, 4) is 0 Å². The molecule has 0 atom stereocenters. The van der Waals surface area contributed by atoms with Crippen LogP contribution in [-0.4, -0.2) is 34.9 Å². The number of piperidine rings is 1. The van der Waals surface area contributed by atoms with E-state index in [9.17, 15) is 9.59 Å². The van der Waals surface area contributed by atoms with Gasteiger partial charge in [0.2, 0.25) is 5.91 Å². The lowest BCUT2D eigenvalue weighted by Gasteiger charge is -2.30. The van der Waals surface area contributed by atoms with Crippen molar-refractivity contribution in [1.29, 1.82) is 0 Å². The molecule has 28 heavy (non-hydrogen) atoms. The third-order valence-electron chi connectivity index (χ3n) is 5.24. The largest absolute Gasteiger partial charge is 0.339 e. The number of nitrogens with one attached hydrogen (secondary N) is 2. The summed E-state index contributed by atoms with van der Waals surface area (Å²) in [5.74, 6) is 0.602. The zero-order valence-corrected chi connectivity index (χ0v) is 17.9. The molecule has 1 aromatic rings. The van der Waals surface area contributed by atoms with Gasteiger partial charge in [0.1, 0.15) is 0 Å². The number of hydrogen-bond acceptors (Lipinski definition) is 3. The average Bonchev–Trinajstić information content (AvgIpc) is 2.68. The predicted octanol–water partition coefficient (Wildman–Crippen LogP) is 4.73. The number of rotatable bonds is 8. The van der Waals surface area contributed by atoms with Gasteiger partial charge in [-0.3, -0.25) is 9.59 Å². The summed E-state index contributed by atoms with van der Waals surface area (Å²) in [4.78, 5) is 26.9. The number of anilines is 1. The Labute approximate surface area is 174 Å². The lowest BCUT2D eigenvalue weighted by molar-refractivity contribution is -0.119. The predicted molar refractivity (Wildman–Crippen MR) is 118 cm³/mol. The third kappa shape index (κ3) is 7.23. The van der Waals surface area contributed by atoms with Crippen molar-refractivity contribution in [3.05, 3.63) is 29.8 Å². The lowest BCUT2D eigenvalue weighted by Crippen LogP contribution is -2.39. The van der Waals surface area contributed by atoms with Gasteiger partial charge in [0, 0.05) is 19.5 Å². The minimum atomic E-state index is -0.0807. The number of carbonyl (C=O) groups excluding carboxylic acids is 2. The van der Waals surface area contributed by atoms with Crippen LogP contribution >= 0.6 is 12.2 Å². The van der Waals surface area contributed by atoms with Gasteiger partial charge in [-0.15, -0.1) is 0 Å². The molecule has 154 valence electrons. The molecule has 0 aromatic heterocycles. The Bertz CT molecular complexity index is 670. The molecule has 0 radical (unpaired) electrons. The highest BCUT2D eigenvalue weighted by Gasteiger charge is 2.23. The Hall–Kier alpha value is -1.95. The monoisotopic (exact) mass is 403 g/mol. The first-order chi connectivity index (χ1) is 13.5. The van der Waals surface area contributed by atoms with Crippen LogP contribution in [0.25, 0.3) is 0 Å². The highest BCUT2D eigenvalue weighted by Crippen LogP contribution is 2.22. The van der Waals surface area contributed by atoms with Gasteiger partial charge >= 0.3 is 0 Å². The number of likely N-dealkylation sites (tertiary alicyclic amines) is 1. The number of thiocarbonyl (C=S) groups is 1. The van der Waals surface area contributed by atoms with E-state index in [1.54, 1.807) is 6.07 Å². The van der Waals surface area contributed by atoms with Crippen LogP contribution in [0.15, 0.2) is 24.3 Å². The molecule has 2 amide bonds. The van der Waals surface area contributed by atoms with Gasteiger partial charge in [-0.05, 0) is 49.5 Å². The number of amides is 2. The van der Waals surface area contributed by atoms with Gasteiger partial charge in [-0.25, -0.2) is 0 Å². The van der Waals surface area contributed by atoms with Crippen molar-refractivity contribution in [2.75, 3.05) is 18.4 Å². The molecule has 1 fully saturated rings. The van der Waals surface area contributed by atoms with Crippen molar-refractivity contribution in [3.63, 3.8) is 0 Å². The fourth-order valence-corrected chi connectivity index (χ4v) is 3.62. The average molecular weight is 404 g/mol. The summed E-state index contributed by atoms with van der Waals surface area (Å²) in [5.41, 5.74) is 1.23. The molecule has 5 nitrogen and oxygen atoms in total. The number of unbranched alkanes of at least 4 members (excludes halogenated alkanes) is 4. The maximum atomic E-state index is 12.9. The molecule has 1 heterocycles. The van der Waals surface area contributed by atoms with Crippen molar-refractivity contribution < 1.29 is 9.59 Å². The maximum Gasteiger partial charge on any atom is 0.255 e. The Morgan fingerprint density at radius 1 is 1.11 bits per heavy atom. The van der Waals surface area contributed by atoms with E-state index in [1.165, 1.54) is 12.8 Å². The quantitative estimate of drug-likeness (QED) is 0.486. The van der Waals surface area contributed by atoms with E-state index >= 15 is 0 Å². The molecule has 0 aliphatic carbocycles. The zero-order valence-electron chi connectivity index (χ0n) is 17.1. The first kappa shape index (κ1) is 22.3. The molecule has 2 N–H and O–H groups in total. The van der Waals surface area contributed by atoms with Crippen molar-refractivity contribution >= 4 is 34.8 Å². The van der Waals surface area contributed by atoms with Crippen LogP contribution in [0, 0.1) is 5.92 Å². The van der Waals surface area contributed by atoms with E-state index in [0.29, 0.717) is 23.6 Å². The van der Waals surface area contributed by atoms with E-state index in [4.69, 9.17) is 12.2 Å². The second-order valence-corrected chi connectivity index (χ2v) is 8.10. The van der Waals surface area contributed by atoms with Crippen molar-refractivity contribution in [1.82, 2.24) is 10.2 Å². The molecule has 0 saturated carbocycles. The summed E-state index contributed by atoms with van der Waals surface area (Å²) in [5, 5.41) is 6.00. The molecular weight excluding hydrogens is 370 g/mol. The smallest absolute Gasteiger partial charge is 0.255 e. The van der Waals surface area contributed by atoms with Gasteiger partial charge in [0.25, 0.3) is 5.91 Å². The van der Waals surface area contributed by atoms with Crippen molar-refractivity contribution in [2.24, 2.45) is 5.92 Å². The van der Waals surface area contributed by atoms with Crippen LogP contribution in [0.2, 0.25) is 0 Å². The summed E-state index contributed by atoms with van der Waals surface area (Å²) >= 11 is 5.28. The summed E-state index contributed by atoms with van der Waals surface area (Å²) < 4.78 is 0. The zero-order chi connectivity index (χ0) is 20.4.